The van der Waals surface area contributed by atoms with Gasteiger partial charge in [-0.2, -0.15) is 20.1 Å². The minimum absolute atomic E-state index is 0.0142. The topological polar surface area (TPSA) is 110 Å². The lowest BCUT2D eigenvalue weighted by Crippen LogP contribution is -2.17. The van der Waals surface area contributed by atoms with Crippen molar-refractivity contribution in [1.29, 1.82) is 0 Å². The van der Waals surface area contributed by atoms with Crippen molar-refractivity contribution in [3.63, 3.8) is 0 Å². The average Bonchev–Trinajstić information content (AvgIpc) is 2.72. The smallest absolute Gasteiger partial charge is 0.406 e. The van der Waals surface area contributed by atoms with Crippen LogP contribution in [-0.2, 0) is 0 Å². The van der Waals surface area contributed by atoms with E-state index in [0.29, 0.717) is 18.7 Å². The molecule has 1 aromatic heterocycles. The van der Waals surface area contributed by atoms with Crippen molar-refractivity contribution in [3.05, 3.63) is 58.9 Å². The summed E-state index contributed by atoms with van der Waals surface area (Å²) < 4.78 is 54.8. The van der Waals surface area contributed by atoms with Crippen LogP contribution in [0.15, 0.2) is 47.6 Å². The maximum absolute atomic E-state index is 14.3. The summed E-state index contributed by atoms with van der Waals surface area (Å²) in [7, 11) is 0. The first-order chi connectivity index (χ1) is 15.2. The van der Waals surface area contributed by atoms with Gasteiger partial charge in [0.2, 0.25) is 11.9 Å². The molecule has 0 spiro atoms. The van der Waals surface area contributed by atoms with Crippen LogP contribution in [0.1, 0.15) is 5.56 Å². The average molecular weight is 470 g/mol. The molecule has 8 nitrogen and oxygen atoms in total. The Morgan fingerprint density at radius 2 is 1.78 bits per heavy atom. The lowest BCUT2D eigenvalue weighted by Gasteiger charge is -2.10. The van der Waals surface area contributed by atoms with E-state index in [9.17, 15) is 17.6 Å². The normalized spacial score (nSPS) is 11.6. The third-order valence-electron chi connectivity index (χ3n) is 3.74. The van der Waals surface area contributed by atoms with Crippen LogP contribution in [-0.4, -0.2) is 40.6 Å². The number of anilines is 2. The van der Waals surface area contributed by atoms with Crippen LogP contribution < -0.4 is 21.2 Å². The number of aromatic nitrogens is 3. The largest absolute Gasteiger partial charge is 0.573 e. The quantitative estimate of drug-likeness (QED) is 0.259. The van der Waals surface area contributed by atoms with E-state index in [1.165, 1.54) is 36.5 Å². The number of benzene rings is 2. The summed E-state index contributed by atoms with van der Waals surface area (Å²) >= 11 is 6.10. The van der Waals surface area contributed by atoms with Gasteiger partial charge in [0, 0.05) is 13.1 Å². The molecule has 3 aromatic rings. The highest BCUT2D eigenvalue weighted by Gasteiger charge is 2.30. The van der Waals surface area contributed by atoms with Crippen molar-refractivity contribution in [2.45, 2.75) is 6.36 Å². The first-order valence-corrected chi connectivity index (χ1v) is 9.42. The molecule has 1 heterocycles. The Kier molecular flexibility index (Phi) is 7.38. The minimum Gasteiger partial charge on any atom is -0.406 e. The van der Waals surface area contributed by atoms with Crippen LogP contribution in [0.2, 0.25) is 5.02 Å². The molecule has 0 aliphatic heterocycles. The highest BCUT2D eigenvalue weighted by atomic mass is 35.5. The van der Waals surface area contributed by atoms with Crippen molar-refractivity contribution in [2.24, 2.45) is 10.8 Å². The van der Waals surface area contributed by atoms with E-state index in [2.05, 4.69) is 35.5 Å². The van der Waals surface area contributed by atoms with Gasteiger partial charge in [0.05, 0.1) is 16.8 Å². The molecular formula is C19H16ClF4N7O. The van der Waals surface area contributed by atoms with Gasteiger partial charge in [-0.1, -0.05) is 17.7 Å². The van der Waals surface area contributed by atoms with Gasteiger partial charge in [0.15, 0.2) is 5.82 Å². The number of ether oxygens (including phenoxy) is 1. The van der Waals surface area contributed by atoms with Gasteiger partial charge in [0.25, 0.3) is 0 Å². The van der Waals surface area contributed by atoms with Crippen LogP contribution in [0, 0.1) is 5.82 Å². The zero-order chi connectivity index (χ0) is 23.1. The molecule has 2 aromatic carbocycles. The number of halogens is 5. The molecule has 0 aliphatic rings. The lowest BCUT2D eigenvalue weighted by atomic mass is 10.2. The molecule has 0 saturated carbocycles. The fourth-order valence-electron chi connectivity index (χ4n) is 2.43. The molecule has 0 amide bonds. The molecule has 13 heteroatoms. The standard InChI is InChI=1S/C19H16ClF4N7O/c20-13-2-1-3-14(21)15(13)16-28-17(26-9-8-25)30-18(29-16)31-27-10-11-4-6-12(7-5-11)32-19(22,23)24/h1-7,10H,8-9,25H2,(H2,26,28,29,30,31)/b27-10-. The van der Waals surface area contributed by atoms with Gasteiger partial charge in [-0.05, 0) is 42.0 Å². The van der Waals surface area contributed by atoms with Crippen LogP contribution in [0.4, 0.5) is 29.5 Å². The summed E-state index contributed by atoms with van der Waals surface area (Å²) in [6.07, 6.45) is -3.45. The molecule has 3 rings (SSSR count). The number of hydrogen-bond donors (Lipinski definition) is 3. The Labute approximate surface area is 184 Å². The second kappa shape index (κ2) is 10.2. The summed E-state index contributed by atoms with van der Waals surface area (Å²) in [6.45, 7) is 0.653. The molecule has 0 atom stereocenters. The number of nitrogens with two attached hydrogens (primary N) is 1. The molecular weight excluding hydrogens is 454 g/mol. The monoisotopic (exact) mass is 469 g/mol. The van der Waals surface area contributed by atoms with Crippen molar-refractivity contribution in [3.8, 4) is 17.1 Å². The summed E-state index contributed by atoms with van der Waals surface area (Å²) in [6, 6.07) is 9.20. The first-order valence-electron chi connectivity index (χ1n) is 9.04. The summed E-state index contributed by atoms with van der Waals surface area (Å²) in [4.78, 5) is 12.4. The molecule has 0 aliphatic carbocycles. The molecule has 168 valence electrons. The number of rotatable bonds is 8. The van der Waals surface area contributed by atoms with E-state index in [4.69, 9.17) is 17.3 Å². The highest BCUT2D eigenvalue weighted by molar-refractivity contribution is 6.33. The van der Waals surface area contributed by atoms with Crippen LogP contribution >= 0.6 is 11.6 Å². The third kappa shape index (κ3) is 6.49. The fourth-order valence-corrected chi connectivity index (χ4v) is 2.68. The maximum atomic E-state index is 14.3. The summed E-state index contributed by atoms with van der Waals surface area (Å²) in [5.74, 6) is -0.923. The molecule has 4 N–H and O–H groups in total. The lowest BCUT2D eigenvalue weighted by molar-refractivity contribution is -0.274. The number of nitrogens with zero attached hydrogens (tertiary/aromatic N) is 4. The minimum atomic E-state index is -4.77. The van der Waals surface area contributed by atoms with E-state index in [-0.39, 0.29) is 34.1 Å². The highest BCUT2D eigenvalue weighted by Crippen LogP contribution is 2.29. The number of hydrogen-bond acceptors (Lipinski definition) is 8. The molecule has 0 fully saturated rings. The van der Waals surface area contributed by atoms with Crippen LogP contribution in [0.3, 0.4) is 0 Å². The van der Waals surface area contributed by atoms with Crippen molar-refractivity contribution in [2.75, 3.05) is 23.8 Å². The first kappa shape index (κ1) is 23.2. The second-order valence-electron chi connectivity index (χ2n) is 6.11. The van der Waals surface area contributed by atoms with Crippen molar-refractivity contribution >= 4 is 29.7 Å². The predicted molar refractivity (Wildman–Crippen MR) is 112 cm³/mol. The van der Waals surface area contributed by atoms with Crippen LogP contribution in [0.25, 0.3) is 11.4 Å². The Balaban J connectivity index is 1.81. The summed E-state index contributed by atoms with van der Waals surface area (Å²) in [5.41, 5.74) is 8.50. The van der Waals surface area contributed by atoms with E-state index >= 15 is 0 Å². The van der Waals surface area contributed by atoms with Gasteiger partial charge in [-0.15, -0.1) is 13.2 Å². The Bertz CT molecular complexity index is 1070. The van der Waals surface area contributed by atoms with Gasteiger partial charge in [0.1, 0.15) is 11.6 Å². The van der Waals surface area contributed by atoms with Gasteiger partial charge >= 0.3 is 6.36 Å². The number of nitrogens with one attached hydrogen (secondary N) is 2. The second-order valence-corrected chi connectivity index (χ2v) is 6.51. The molecule has 32 heavy (non-hydrogen) atoms. The third-order valence-corrected chi connectivity index (χ3v) is 4.06. The van der Waals surface area contributed by atoms with Gasteiger partial charge < -0.3 is 15.8 Å². The number of alkyl halides is 3. The van der Waals surface area contributed by atoms with Crippen molar-refractivity contribution < 1.29 is 22.3 Å². The zero-order valence-electron chi connectivity index (χ0n) is 16.2. The molecule has 0 unspecified atom stereocenters. The van der Waals surface area contributed by atoms with E-state index < -0.39 is 12.2 Å². The van der Waals surface area contributed by atoms with E-state index in [1.54, 1.807) is 0 Å². The Hall–Kier alpha value is -3.51. The maximum Gasteiger partial charge on any atom is 0.573 e. The SMILES string of the molecule is NCCNc1nc(N/N=C\c2ccc(OC(F)(F)F)cc2)nc(-c2c(F)cccc2Cl)n1. The zero-order valence-corrected chi connectivity index (χ0v) is 17.0. The molecule has 0 radical (unpaired) electrons. The van der Waals surface area contributed by atoms with Crippen molar-refractivity contribution in [1.82, 2.24) is 15.0 Å². The Morgan fingerprint density at radius 1 is 1.06 bits per heavy atom. The summed E-state index contributed by atoms with van der Waals surface area (Å²) in [5, 5.41) is 6.92. The van der Waals surface area contributed by atoms with E-state index in [1.807, 2.05) is 0 Å². The molecule has 0 bridgehead atoms. The van der Waals surface area contributed by atoms with Gasteiger partial charge in [-0.3, -0.25) is 0 Å². The number of hydrazone groups is 1. The molecule has 0 saturated heterocycles. The Morgan fingerprint density at radius 3 is 2.44 bits per heavy atom. The predicted octanol–water partition coefficient (Wildman–Crippen LogP) is 4.05. The van der Waals surface area contributed by atoms with E-state index in [0.717, 1.165) is 12.1 Å². The van der Waals surface area contributed by atoms with Gasteiger partial charge in [-0.25, -0.2) is 9.82 Å². The fraction of sp³-hybridized carbons (Fsp3) is 0.158. The van der Waals surface area contributed by atoms with Crippen LogP contribution in [0.5, 0.6) is 5.75 Å².